The van der Waals surface area contributed by atoms with E-state index in [1.165, 1.54) is 18.2 Å². The molecule has 3 rings (SSSR count). The van der Waals surface area contributed by atoms with Gasteiger partial charge >= 0.3 is 5.97 Å². The van der Waals surface area contributed by atoms with Gasteiger partial charge in [0, 0.05) is 6.42 Å². The SMILES string of the molecule is COC(=O)[C@@H](C[C@@H]1CCCc2ccccc21)NC(=O)[C@H]1CCC(=O)N1. The molecule has 0 bridgehead atoms. The van der Waals surface area contributed by atoms with E-state index in [0.717, 1.165) is 19.3 Å². The van der Waals surface area contributed by atoms with Crippen molar-refractivity contribution < 1.29 is 19.1 Å². The van der Waals surface area contributed by atoms with Crippen molar-refractivity contribution in [3.8, 4) is 0 Å². The second-order valence-corrected chi connectivity index (χ2v) is 6.77. The Labute approximate surface area is 147 Å². The first-order chi connectivity index (χ1) is 12.1. The number of hydrogen-bond donors (Lipinski definition) is 2. The number of carbonyl (C=O) groups is 3. The number of nitrogens with one attached hydrogen (secondary N) is 2. The number of carbonyl (C=O) groups excluding carboxylic acids is 3. The maximum absolute atomic E-state index is 12.4. The molecule has 3 atom stereocenters. The second kappa shape index (κ2) is 7.68. The Bertz CT molecular complexity index is 673. The van der Waals surface area contributed by atoms with Crippen LogP contribution in [0.25, 0.3) is 0 Å². The first-order valence-electron chi connectivity index (χ1n) is 8.84. The molecule has 2 N–H and O–H groups in total. The maximum Gasteiger partial charge on any atom is 0.328 e. The Morgan fingerprint density at radius 1 is 1.28 bits per heavy atom. The monoisotopic (exact) mass is 344 g/mol. The van der Waals surface area contributed by atoms with Gasteiger partial charge in [-0.2, -0.15) is 0 Å². The van der Waals surface area contributed by atoms with E-state index in [4.69, 9.17) is 4.74 Å². The van der Waals surface area contributed by atoms with Gasteiger partial charge in [0.2, 0.25) is 11.8 Å². The Hall–Kier alpha value is -2.37. The highest BCUT2D eigenvalue weighted by molar-refractivity contribution is 5.93. The average Bonchev–Trinajstić information content (AvgIpc) is 3.07. The van der Waals surface area contributed by atoms with E-state index in [9.17, 15) is 14.4 Å². The van der Waals surface area contributed by atoms with Crippen LogP contribution in [-0.4, -0.2) is 37.0 Å². The minimum absolute atomic E-state index is 0.129. The van der Waals surface area contributed by atoms with Crippen molar-refractivity contribution in [1.29, 1.82) is 0 Å². The van der Waals surface area contributed by atoms with Gasteiger partial charge in [-0.1, -0.05) is 24.3 Å². The van der Waals surface area contributed by atoms with Gasteiger partial charge in [0.25, 0.3) is 0 Å². The summed E-state index contributed by atoms with van der Waals surface area (Å²) in [5, 5.41) is 5.41. The lowest BCUT2D eigenvalue weighted by Gasteiger charge is -2.29. The Morgan fingerprint density at radius 2 is 2.08 bits per heavy atom. The summed E-state index contributed by atoms with van der Waals surface area (Å²) in [7, 11) is 1.33. The lowest BCUT2D eigenvalue weighted by molar-refractivity contribution is -0.145. The van der Waals surface area contributed by atoms with Crippen molar-refractivity contribution >= 4 is 17.8 Å². The Morgan fingerprint density at radius 3 is 2.80 bits per heavy atom. The van der Waals surface area contributed by atoms with Gasteiger partial charge in [-0.25, -0.2) is 4.79 Å². The zero-order chi connectivity index (χ0) is 17.8. The number of hydrogen-bond acceptors (Lipinski definition) is 4. The minimum Gasteiger partial charge on any atom is -0.467 e. The summed E-state index contributed by atoms with van der Waals surface area (Å²) < 4.78 is 4.89. The molecule has 0 unspecified atom stereocenters. The number of methoxy groups -OCH3 is 1. The Balaban J connectivity index is 1.70. The standard InChI is InChI=1S/C19H24N2O4/c1-25-19(24)16(21-18(23)15-9-10-17(22)20-15)11-13-7-4-6-12-5-2-3-8-14(12)13/h2-3,5,8,13,15-16H,4,6-7,9-11H2,1H3,(H,20,22)(H,21,23)/t13-,15+,16+/m0/s1. The highest BCUT2D eigenvalue weighted by Crippen LogP contribution is 2.34. The molecule has 0 saturated carbocycles. The Kier molecular flexibility index (Phi) is 5.36. The van der Waals surface area contributed by atoms with Crippen molar-refractivity contribution in [2.24, 2.45) is 0 Å². The molecule has 25 heavy (non-hydrogen) atoms. The zero-order valence-electron chi connectivity index (χ0n) is 14.4. The first kappa shape index (κ1) is 17.5. The zero-order valence-corrected chi connectivity index (χ0v) is 14.4. The van der Waals surface area contributed by atoms with E-state index in [2.05, 4.69) is 22.8 Å². The molecule has 1 aliphatic carbocycles. The van der Waals surface area contributed by atoms with Gasteiger partial charge in [-0.3, -0.25) is 9.59 Å². The molecule has 1 aliphatic heterocycles. The normalized spacial score (nSPS) is 23.3. The van der Waals surface area contributed by atoms with E-state index in [0.29, 0.717) is 19.3 Å². The predicted molar refractivity (Wildman–Crippen MR) is 91.8 cm³/mol. The van der Waals surface area contributed by atoms with Crippen LogP contribution in [-0.2, 0) is 25.5 Å². The molecule has 1 fully saturated rings. The molecule has 0 spiro atoms. The molecule has 1 aromatic rings. The summed E-state index contributed by atoms with van der Waals surface area (Å²) in [5.41, 5.74) is 2.57. The number of amides is 2. The molecule has 2 amide bonds. The minimum atomic E-state index is -0.703. The first-order valence-corrected chi connectivity index (χ1v) is 8.84. The second-order valence-electron chi connectivity index (χ2n) is 6.77. The summed E-state index contributed by atoms with van der Waals surface area (Å²) >= 11 is 0. The van der Waals surface area contributed by atoms with Crippen molar-refractivity contribution in [1.82, 2.24) is 10.6 Å². The molecule has 134 valence electrons. The molecular formula is C19H24N2O4. The molecule has 0 aromatic heterocycles. The number of esters is 1. The molecule has 1 heterocycles. The van der Waals surface area contributed by atoms with E-state index in [1.54, 1.807) is 0 Å². The van der Waals surface area contributed by atoms with E-state index in [1.807, 2.05) is 12.1 Å². The fraction of sp³-hybridized carbons (Fsp3) is 0.526. The molecule has 0 radical (unpaired) electrons. The third kappa shape index (κ3) is 4.00. The topological polar surface area (TPSA) is 84.5 Å². The third-order valence-electron chi connectivity index (χ3n) is 5.13. The third-order valence-corrected chi connectivity index (χ3v) is 5.13. The summed E-state index contributed by atoms with van der Waals surface area (Å²) in [6.07, 6.45) is 4.43. The quantitative estimate of drug-likeness (QED) is 0.792. The van der Waals surface area contributed by atoms with Gasteiger partial charge in [0.15, 0.2) is 0 Å². The summed E-state index contributed by atoms with van der Waals surface area (Å²) in [6, 6.07) is 7.01. The van der Waals surface area contributed by atoms with E-state index < -0.39 is 18.1 Å². The van der Waals surface area contributed by atoms with Crippen molar-refractivity contribution in [3.63, 3.8) is 0 Å². The number of ether oxygens (including phenoxy) is 1. The van der Waals surface area contributed by atoms with Crippen LogP contribution in [0.4, 0.5) is 0 Å². The molecule has 2 aliphatic rings. The highest BCUT2D eigenvalue weighted by Gasteiger charge is 2.33. The summed E-state index contributed by atoms with van der Waals surface area (Å²) in [4.78, 5) is 35.9. The fourth-order valence-corrected chi connectivity index (χ4v) is 3.82. The molecular weight excluding hydrogens is 320 g/mol. The predicted octanol–water partition coefficient (Wildman–Crippen LogP) is 1.43. The maximum atomic E-state index is 12.4. The van der Waals surface area contributed by atoms with Gasteiger partial charge in [-0.15, -0.1) is 0 Å². The molecule has 1 saturated heterocycles. The van der Waals surface area contributed by atoms with Crippen LogP contribution >= 0.6 is 0 Å². The lowest BCUT2D eigenvalue weighted by atomic mass is 9.79. The van der Waals surface area contributed by atoms with Crippen molar-refractivity contribution in [3.05, 3.63) is 35.4 Å². The van der Waals surface area contributed by atoms with Gasteiger partial charge in [-0.05, 0) is 49.1 Å². The van der Waals surface area contributed by atoms with Gasteiger partial charge in [0.05, 0.1) is 7.11 Å². The van der Waals surface area contributed by atoms with Crippen LogP contribution in [0.5, 0.6) is 0 Å². The van der Waals surface area contributed by atoms with Crippen LogP contribution in [0.15, 0.2) is 24.3 Å². The highest BCUT2D eigenvalue weighted by atomic mass is 16.5. The van der Waals surface area contributed by atoms with Crippen LogP contribution in [0.1, 0.15) is 49.1 Å². The number of benzene rings is 1. The van der Waals surface area contributed by atoms with Crippen LogP contribution in [0.2, 0.25) is 0 Å². The summed E-state index contributed by atoms with van der Waals surface area (Å²) in [5.74, 6) is -0.672. The number of fused-ring (bicyclic) bond motifs is 1. The lowest BCUT2D eigenvalue weighted by Crippen LogP contribution is -2.49. The van der Waals surface area contributed by atoms with E-state index in [-0.39, 0.29) is 17.7 Å². The smallest absolute Gasteiger partial charge is 0.328 e. The molecule has 6 heteroatoms. The molecule has 6 nitrogen and oxygen atoms in total. The van der Waals surface area contributed by atoms with Gasteiger partial charge in [0.1, 0.15) is 12.1 Å². The fourth-order valence-electron chi connectivity index (χ4n) is 3.82. The molecule has 1 aromatic carbocycles. The van der Waals surface area contributed by atoms with Crippen LogP contribution in [0, 0.1) is 0 Å². The van der Waals surface area contributed by atoms with Crippen LogP contribution < -0.4 is 10.6 Å². The number of aryl methyl sites for hydroxylation is 1. The van der Waals surface area contributed by atoms with Crippen LogP contribution in [0.3, 0.4) is 0 Å². The summed E-state index contributed by atoms with van der Waals surface area (Å²) in [6.45, 7) is 0. The average molecular weight is 344 g/mol. The van der Waals surface area contributed by atoms with E-state index >= 15 is 0 Å². The number of rotatable bonds is 5. The largest absolute Gasteiger partial charge is 0.467 e. The van der Waals surface area contributed by atoms with Gasteiger partial charge < -0.3 is 15.4 Å². The van der Waals surface area contributed by atoms with Crippen molar-refractivity contribution in [2.45, 2.75) is 56.5 Å². The van der Waals surface area contributed by atoms with Crippen molar-refractivity contribution in [2.75, 3.05) is 7.11 Å².